The Bertz CT molecular complexity index is 1060. The molecule has 2 aromatic rings. The molecular weight excluding hydrogens is 444 g/mol. The van der Waals surface area contributed by atoms with Gasteiger partial charge in [-0.05, 0) is 49.6 Å². The van der Waals surface area contributed by atoms with E-state index in [1.807, 2.05) is 37.3 Å². The highest BCUT2D eigenvalue weighted by Gasteiger charge is 2.34. The van der Waals surface area contributed by atoms with Crippen LogP contribution in [-0.4, -0.2) is 63.4 Å². The van der Waals surface area contributed by atoms with Crippen LogP contribution in [0.4, 0.5) is 0 Å². The van der Waals surface area contributed by atoms with E-state index in [0.29, 0.717) is 25.1 Å². The Morgan fingerprint density at radius 2 is 1.79 bits per heavy atom. The Hall–Kier alpha value is -2.91. The Morgan fingerprint density at radius 3 is 2.42 bits per heavy atom. The summed E-state index contributed by atoms with van der Waals surface area (Å²) in [6.07, 6.45) is 1.05. The molecule has 2 aromatic carbocycles. The van der Waals surface area contributed by atoms with Crippen LogP contribution in [0.3, 0.4) is 0 Å². The lowest BCUT2D eigenvalue weighted by atomic mass is 10.00. The van der Waals surface area contributed by atoms with Crippen LogP contribution in [0, 0.1) is 5.92 Å². The summed E-state index contributed by atoms with van der Waals surface area (Å²) in [5.41, 5.74) is 0.978. The fourth-order valence-corrected chi connectivity index (χ4v) is 5.30. The maximum Gasteiger partial charge on any atom is 0.310 e. The number of sulfonamides is 1. The quantitative estimate of drug-likeness (QED) is 0.546. The van der Waals surface area contributed by atoms with Gasteiger partial charge in [-0.1, -0.05) is 30.3 Å². The van der Waals surface area contributed by atoms with Gasteiger partial charge in [0.1, 0.15) is 5.75 Å². The summed E-state index contributed by atoms with van der Waals surface area (Å²) in [6, 6.07) is 15.5. The molecule has 1 amide bonds. The van der Waals surface area contributed by atoms with Crippen molar-refractivity contribution in [3.63, 3.8) is 0 Å². The molecular formula is C24H30N2O6S. The van der Waals surface area contributed by atoms with E-state index in [9.17, 15) is 18.0 Å². The number of piperidine rings is 1. The van der Waals surface area contributed by atoms with Gasteiger partial charge in [0.05, 0.1) is 24.0 Å². The van der Waals surface area contributed by atoms with Gasteiger partial charge in [0, 0.05) is 20.1 Å². The van der Waals surface area contributed by atoms with Crippen molar-refractivity contribution in [2.45, 2.75) is 30.7 Å². The molecule has 8 nitrogen and oxygen atoms in total. The third-order valence-corrected chi connectivity index (χ3v) is 7.89. The standard InChI is InChI=1S/C24H30N2O6S/c1-18(19-8-5-4-6-9-19)25(2)23(27)17-32-24(28)20-10-7-15-26(16-20)33(29,30)22-13-11-21(31-3)12-14-22/h4-6,8-9,11-14,18,20H,7,10,15-17H2,1-3H3. The van der Waals surface area contributed by atoms with Crippen molar-refractivity contribution < 1.29 is 27.5 Å². The molecule has 1 heterocycles. The molecule has 3 rings (SSSR count). The molecule has 33 heavy (non-hydrogen) atoms. The number of rotatable bonds is 8. The first kappa shape index (κ1) is 24.7. The molecule has 0 bridgehead atoms. The van der Waals surface area contributed by atoms with Gasteiger partial charge in [-0.25, -0.2) is 8.42 Å². The van der Waals surface area contributed by atoms with Crippen molar-refractivity contribution in [1.82, 2.24) is 9.21 Å². The van der Waals surface area contributed by atoms with E-state index in [1.54, 1.807) is 19.2 Å². The molecule has 0 N–H and O–H groups in total. The van der Waals surface area contributed by atoms with E-state index < -0.39 is 21.9 Å². The molecule has 9 heteroatoms. The minimum absolute atomic E-state index is 0.0254. The monoisotopic (exact) mass is 474 g/mol. The van der Waals surface area contributed by atoms with Crippen LogP contribution in [0.2, 0.25) is 0 Å². The maximum absolute atomic E-state index is 13.0. The van der Waals surface area contributed by atoms with Crippen molar-refractivity contribution in [1.29, 1.82) is 0 Å². The van der Waals surface area contributed by atoms with Gasteiger partial charge >= 0.3 is 5.97 Å². The van der Waals surface area contributed by atoms with Crippen LogP contribution in [0.1, 0.15) is 31.4 Å². The summed E-state index contributed by atoms with van der Waals surface area (Å²) in [4.78, 5) is 26.8. The van der Waals surface area contributed by atoms with E-state index in [4.69, 9.17) is 9.47 Å². The topological polar surface area (TPSA) is 93.2 Å². The normalized spacial score (nSPS) is 17.7. The van der Waals surface area contributed by atoms with Gasteiger partial charge in [-0.2, -0.15) is 4.31 Å². The highest BCUT2D eigenvalue weighted by atomic mass is 32.2. The molecule has 0 aliphatic carbocycles. The first-order valence-corrected chi connectivity index (χ1v) is 12.3. The first-order chi connectivity index (χ1) is 15.7. The molecule has 1 saturated heterocycles. The number of methoxy groups -OCH3 is 1. The van der Waals surface area contributed by atoms with Gasteiger partial charge < -0.3 is 14.4 Å². The largest absolute Gasteiger partial charge is 0.497 e. The third-order valence-electron chi connectivity index (χ3n) is 6.01. The lowest BCUT2D eigenvalue weighted by Crippen LogP contribution is -2.43. The highest BCUT2D eigenvalue weighted by molar-refractivity contribution is 7.89. The number of carbonyl (C=O) groups is 2. The number of likely N-dealkylation sites (N-methyl/N-ethyl adjacent to an activating group) is 1. The van der Waals surface area contributed by atoms with Crippen molar-refractivity contribution in [2.24, 2.45) is 5.92 Å². The number of carbonyl (C=O) groups excluding carboxylic acids is 2. The van der Waals surface area contributed by atoms with E-state index >= 15 is 0 Å². The van der Waals surface area contributed by atoms with Gasteiger partial charge in [-0.3, -0.25) is 9.59 Å². The van der Waals surface area contributed by atoms with Crippen LogP contribution in [0.15, 0.2) is 59.5 Å². The Balaban J connectivity index is 1.57. The Labute approximate surface area is 195 Å². The molecule has 0 spiro atoms. The molecule has 1 fully saturated rings. The lowest BCUT2D eigenvalue weighted by molar-refractivity contribution is -0.156. The van der Waals surface area contributed by atoms with Crippen molar-refractivity contribution in [2.75, 3.05) is 33.9 Å². The number of hydrogen-bond acceptors (Lipinski definition) is 6. The molecule has 0 saturated carbocycles. The third kappa shape index (κ3) is 5.91. The smallest absolute Gasteiger partial charge is 0.310 e. The van der Waals surface area contributed by atoms with E-state index in [1.165, 1.54) is 28.4 Å². The number of benzene rings is 2. The van der Waals surface area contributed by atoms with Gasteiger partial charge in [0.2, 0.25) is 10.0 Å². The van der Waals surface area contributed by atoms with Crippen molar-refractivity contribution in [3.8, 4) is 5.75 Å². The zero-order valence-electron chi connectivity index (χ0n) is 19.1. The van der Waals surface area contributed by atoms with Crippen molar-refractivity contribution >= 4 is 21.9 Å². The van der Waals surface area contributed by atoms with Crippen LogP contribution in [0.5, 0.6) is 5.75 Å². The minimum atomic E-state index is -3.75. The van der Waals surface area contributed by atoms with E-state index in [0.717, 1.165) is 5.56 Å². The molecule has 2 unspecified atom stereocenters. The van der Waals surface area contributed by atoms with Gasteiger partial charge in [0.15, 0.2) is 6.61 Å². The molecule has 178 valence electrons. The van der Waals surface area contributed by atoms with Crippen molar-refractivity contribution in [3.05, 3.63) is 60.2 Å². The van der Waals surface area contributed by atoms with Gasteiger partial charge in [-0.15, -0.1) is 0 Å². The average Bonchev–Trinajstić information content (AvgIpc) is 2.86. The number of esters is 1. The van der Waals surface area contributed by atoms with Crippen LogP contribution >= 0.6 is 0 Å². The number of amides is 1. The fraction of sp³-hybridized carbons (Fsp3) is 0.417. The minimum Gasteiger partial charge on any atom is -0.497 e. The summed E-state index contributed by atoms with van der Waals surface area (Å²) in [7, 11) is -0.572. The summed E-state index contributed by atoms with van der Waals surface area (Å²) in [6.45, 7) is 1.87. The van der Waals surface area contributed by atoms with Crippen LogP contribution in [0.25, 0.3) is 0 Å². The Kier molecular flexibility index (Phi) is 8.10. The van der Waals surface area contributed by atoms with Gasteiger partial charge in [0.25, 0.3) is 5.91 Å². The summed E-state index contributed by atoms with van der Waals surface area (Å²) >= 11 is 0. The average molecular weight is 475 g/mol. The summed E-state index contributed by atoms with van der Waals surface area (Å²) < 4.78 is 37.6. The van der Waals surface area contributed by atoms with E-state index in [-0.39, 0.29) is 30.0 Å². The SMILES string of the molecule is COc1ccc(S(=O)(=O)N2CCCC(C(=O)OCC(=O)N(C)C(C)c3ccccc3)C2)cc1. The maximum atomic E-state index is 13.0. The summed E-state index contributed by atoms with van der Waals surface area (Å²) in [5, 5.41) is 0. The van der Waals surface area contributed by atoms with E-state index in [2.05, 4.69) is 0 Å². The molecule has 1 aliphatic heterocycles. The second-order valence-electron chi connectivity index (χ2n) is 8.08. The second kappa shape index (κ2) is 10.8. The predicted molar refractivity (Wildman–Crippen MR) is 123 cm³/mol. The summed E-state index contributed by atoms with van der Waals surface area (Å²) in [5.74, 6) is -0.932. The molecule has 2 atom stereocenters. The Morgan fingerprint density at radius 1 is 1.12 bits per heavy atom. The second-order valence-corrected chi connectivity index (χ2v) is 10.0. The zero-order valence-corrected chi connectivity index (χ0v) is 20.0. The predicted octanol–water partition coefficient (Wildman–Crippen LogP) is 2.86. The lowest BCUT2D eigenvalue weighted by Gasteiger charge is -2.31. The van der Waals surface area contributed by atoms with Crippen LogP contribution in [-0.2, 0) is 24.3 Å². The number of ether oxygens (including phenoxy) is 2. The first-order valence-electron chi connectivity index (χ1n) is 10.9. The zero-order chi connectivity index (χ0) is 24.0. The number of nitrogens with zero attached hydrogens (tertiary/aromatic N) is 2. The fourth-order valence-electron chi connectivity index (χ4n) is 3.77. The molecule has 0 radical (unpaired) electrons. The molecule has 0 aromatic heterocycles. The molecule has 1 aliphatic rings. The highest BCUT2D eigenvalue weighted by Crippen LogP contribution is 2.26. The van der Waals surface area contributed by atoms with Crippen LogP contribution < -0.4 is 4.74 Å². The number of hydrogen-bond donors (Lipinski definition) is 0.